The minimum absolute atomic E-state index is 0.184. The van der Waals surface area contributed by atoms with E-state index in [1.807, 2.05) is 7.05 Å². The van der Waals surface area contributed by atoms with Crippen molar-refractivity contribution in [3.63, 3.8) is 0 Å². The Labute approximate surface area is 112 Å². The molecule has 0 saturated carbocycles. The second-order valence-corrected chi connectivity index (χ2v) is 4.19. The van der Waals surface area contributed by atoms with Crippen LogP contribution in [-0.2, 0) is 6.54 Å². The highest BCUT2D eigenvalue weighted by atomic mass is 16.4. The standard InChI is InChI=1S/C13H19N3O3/c1-14-6-7-16(2)13(19)15-9-10-4-3-5-11(8-10)12(17)18/h3-5,8,14H,6-7,9H2,1-2H3,(H,15,19)(H,17,18). The van der Waals surface area contributed by atoms with Crippen LogP contribution in [-0.4, -0.2) is 49.2 Å². The molecule has 6 heteroatoms. The summed E-state index contributed by atoms with van der Waals surface area (Å²) in [5.74, 6) is -0.973. The van der Waals surface area contributed by atoms with Gasteiger partial charge in [-0.05, 0) is 24.7 Å². The summed E-state index contributed by atoms with van der Waals surface area (Å²) in [6.45, 7) is 1.64. The molecule has 0 radical (unpaired) electrons. The molecule has 0 atom stereocenters. The smallest absolute Gasteiger partial charge is 0.335 e. The van der Waals surface area contributed by atoms with Gasteiger partial charge in [0, 0.05) is 26.7 Å². The Hall–Kier alpha value is -2.08. The number of hydrogen-bond acceptors (Lipinski definition) is 3. The van der Waals surface area contributed by atoms with E-state index < -0.39 is 5.97 Å². The second kappa shape index (κ2) is 7.38. The number of hydrogen-bond donors (Lipinski definition) is 3. The average Bonchev–Trinajstić information content (AvgIpc) is 2.42. The summed E-state index contributed by atoms with van der Waals surface area (Å²) in [4.78, 5) is 24.1. The van der Waals surface area contributed by atoms with Crippen LogP contribution in [0.5, 0.6) is 0 Å². The molecular weight excluding hydrogens is 246 g/mol. The van der Waals surface area contributed by atoms with Crippen molar-refractivity contribution in [3.05, 3.63) is 35.4 Å². The van der Waals surface area contributed by atoms with Gasteiger partial charge in [-0.3, -0.25) is 0 Å². The molecule has 0 saturated heterocycles. The zero-order valence-corrected chi connectivity index (χ0v) is 11.1. The Morgan fingerprint density at radius 2 is 2.11 bits per heavy atom. The molecule has 19 heavy (non-hydrogen) atoms. The summed E-state index contributed by atoms with van der Waals surface area (Å²) in [7, 11) is 3.53. The van der Waals surface area contributed by atoms with Gasteiger partial charge in [-0.15, -0.1) is 0 Å². The van der Waals surface area contributed by atoms with Crippen molar-refractivity contribution in [2.75, 3.05) is 27.2 Å². The van der Waals surface area contributed by atoms with Crippen LogP contribution in [0.2, 0.25) is 0 Å². The van der Waals surface area contributed by atoms with Crippen molar-refractivity contribution >= 4 is 12.0 Å². The number of rotatable bonds is 6. The summed E-state index contributed by atoms with van der Waals surface area (Å²) < 4.78 is 0. The first-order valence-corrected chi connectivity index (χ1v) is 6.00. The first kappa shape index (κ1) is 15.0. The maximum atomic E-state index is 11.7. The number of nitrogens with one attached hydrogen (secondary N) is 2. The Kier molecular flexibility index (Phi) is 5.81. The number of likely N-dealkylation sites (N-methyl/N-ethyl adjacent to an activating group) is 2. The van der Waals surface area contributed by atoms with Crippen LogP contribution in [0.1, 0.15) is 15.9 Å². The van der Waals surface area contributed by atoms with E-state index in [1.54, 1.807) is 30.1 Å². The van der Waals surface area contributed by atoms with E-state index in [0.29, 0.717) is 13.1 Å². The SMILES string of the molecule is CNCCN(C)C(=O)NCc1cccc(C(=O)O)c1. The van der Waals surface area contributed by atoms with Gasteiger partial charge in [-0.2, -0.15) is 0 Å². The van der Waals surface area contributed by atoms with Gasteiger partial charge >= 0.3 is 12.0 Å². The molecule has 0 spiro atoms. The van der Waals surface area contributed by atoms with Crippen molar-refractivity contribution in [1.29, 1.82) is 0 Å². The molecule has 1 rings (SSSR count). The first-order valence-electron chi connectivity index (χ1n) is 6.00. The van der Waals surface area contributed by atoms with E-state index in [4.69, 9.17) is 5.11 Å². The van der Waals surface area contributed by atoms with Gasteiger partial charge < -0.3 is 20.6 Å². The zero-order valence-electron chi connectivity index (χ0n) is 11.1. The van der Waals surface area contributed by atoms with Crippen LogP contribution in [0.3, 0.4) is 0 Å². The van der Waals surface area contributed by atoms with E-state index in [1.165, 1.54) is 6.07 Å². The number of carbonyl (C=O) groups is 2. The number of carboxylic acids is 1. The van der Waals surface area contributed by atoms with Gasteiger partial charge in [0.15, 0.2) is 0 Å². The third-order valence-corrected chi connectivity index (χ3v) is 2.66. The lowest BCUT2D eigenvalue weighted by Crippen LogP contribution is -2.39. The van der Waals surface area contributed by atoms with Crippen molar-refractivity contribution in [1.82, 2.24) is 15.5 Å². The lowest BCUT2D eigenvalue weighted by molar-refractivity contribution is 0.0696. The van der Waals surface area contributed by atoms with Gasteiger partial charge in [-0.1, -0.05) is 12.1 Å². The highest BCUT2D eigenvalue weighted by Gasteiger charge is 2.08. The second-order valence-electron chi connectivity index (χ2n) is 4.19. The minimum Gasteiger partial charge on any atom is -0.478 e. The van der Waals surface area contributed by atoms with E-state index in [2.05, 4.69) is 10.6 Å². The van der Waals surface area contributed by atoms with Gasteiger partial charge in [0.25, 0.3) is 0 Å². The third kappa shape index (κ3) is 4.97. The Balaban J connectivity index is 2.50. The summed E-state index contributed by atoms with van der Waals surface area (Å²) in [6, 6.07) is 6.33. The van der Waals surface area contributed by atoms with Crippen LogP contribution < -0.4 is 10.6 Å². The molecule has 0 bridgehead atoms. The lowest BCUT2D eigenvalue weighted by atomic mass is 10.1. The molecule has 1 aromatic rings. The van der Waals surface area contributed by atoms with Crippen LogP contribution in [0.15, 0.2) is 24.3 Å². The highest BCUT2D eigenvalue weighted by Crippen LogP contribution is 2.05. The topological polar surface area (TPSA) is 81.7 Å². The number of nitrogens with zero attached hydrogens (tertiary/aromatic N) is 1. The lowest BCUT2D eigenvalue weighted by Gasteiger charge is -2.17. The summed E-state index contributed by atoms with van der Waals surface area (Å²) in [5, 5.41) is 14.6. The number of urea groups is 1. The van der Waals surface area contributed by atoms with Gasteiger partial charge in [-0.25, -0.2) is 9.59 Å². The van der Waals surface area contributed by atoms with E-state index in [9.17, 15) is 9.59 Å². The first-order chi connectivity index (χ1) is 9.04. The molecule has 0 heterocycles. The van der Waals surface area contributed by atoms with Crippen LogP contribution in [0.4, 0.5) is 4.79 Å². The molecule has 0 aliphatic rings. The van der Waals surface area contributed by atoms with Crippen molar-refractivity contribution in [3.8, 4) is 0 Å². The molecule has 1 aromatic carbocycles. The maximum Gasteiger partial charge on any atom is 0.335 e. The number of benzene rings is 1. The monoisotopic (exact) mass is 265 g/mol. The number of aromatic carboxylic acids is 1. The van der Waals surface area contributed by atoms with Crippen LogP contribution >= 0.6 is 0 Å². The van der Waals surface area contributed by atoms with Gasteiger partial charge in [0.2, 0.25) is 0 Å². The maximum absolute atomic E-state index is 11.7. The molecule has 0 aliphatic carbocycles. The van der Waals surface area contributed by atoms with Crippen molar-refractivity contribution in [2.45, 2.75) is 6.54 Å². The predicted octanol–water partition coefficient (Wildman–Crippen LogP) is 0.746. The summed E-state index contributed by atoms with van der Waals surface area (Å²) in [6.07, 6.45) is 0. The normalized spacial score (nSPS) is 10.0. The van der Waals surface area contributed by atoms with Crippen LogP contribution in [0.25, 0.3) is 0 Å². The van der Waals surface area contributed by atoms with Gasteiger partial charge in [0.05, 0.1) is 5.56 Å². The molecule has 6 nitrogen and oxygen atoms in total. The summed E-state index contributed by atoms with van der Waals surface area (Å²) >= 11 is 0. The van der Waals surface area contributed by atoms with Crippen molar-refractivity contribution in [2.24, 2.45) is 0 Å². The summed E-state index contributed by atoms with van der Waals surface area (Å²) in [5.41, 5.74) is 0.977. The molecule has 0 aliphatic heterocycles. The molecule has 104 valence electrons. The predicted molar refractivity (Wildman–Crippen MR) is 72.2 cm³/mol. The Bertz CT molecular complexity index is 449. The largest absolute Gasteiger partial charge is 0.478 e. The van der Waals surface area contributed by atoms with Crippen LogP contribution in [0, 0.1) is 0 Å². The average molecular weight is 265 g/mol. The number of amides is 2. The fraction of sp³-hybridized carbons (Fsp3) is 0.385. The molecule has 2 amide bonds. The highest BCUT2D eigenvalue weighted by molar-refractivity contribution is 5.87. The van der Waals surface area contributed by atoms with Gasteiger partial charge in [0.1, 0.15) is 0 Å². The molecular formula is C13H19N3O3. The fourth-order valence-electron chi connectivity index (χ4n) is 1.51. The van der Waals surface area contributed by atoms with Crippen molar-refractivity contribution < 1.29 is 14.7 Å². The molecule has 0 fully saturated rings. The number of carbonyl (C=O) groups excluding carboxylic acids is 1. The zero-order chi connectivity index (χ0) is 14.3. The Morgan fingerprint density at radius 1 is 1.37 bits per heavy atom. The van der Waals surface area contributed by atoms with E-state index in [0.717, 1.165) is 12.1 Å². The third-order valence-electron chi connectivity index (χ3n) is 2.66. The quantitative estimate of drug-likeness (QED) is 0.709. The van der Waals surface area contributed by atoms with E-state index in [-0.39, 0.29) is 11.6 Å². The molecule has 0 aromatic heterocycles. The minimum atomic E-state index is -0.973. The molecule has 3 N–H and O–H groups in total. The molecule has 0 unspecified atom stereocenters. The Morgan fingerprint density at radius 3 is 2.74 bits per heavy atom. The van der Waals surface area contributed by atoms with E-state index >= 15 is 0 Å². The number of carboxylic acid groups (broad SMARTS) is 1. The fourth-order valence-corrected chi connectivity index (χ4v) is 1.51.